The molecule has 1 aromatic rings. The molecule has 0 aromatic heterocycles. The first-order valence-electron chi connectivity index (χ1n) is 8.40. The van der Waals surface area contributed by atoms with Gasteiger partial charge in [0.15, 0.2) is 0 Å². The minimum Gasteiger partial charge on any atom is -0.444 e. The van der Waals surface area contributed by atoms with Crippen LogP contribution >= 0.6 is 0 Å². The Morgan fingerprint density at radius 2 is 1.80 bits per heavy atom. The minimum atomic E-state index is -3.52. The van der Waals surface area contributed by atoms with E-state index in [-0.39, 0.29) is 10.9 Å². The number of nitrogens with one attached hydrogen (secondary N) is 1. The van der Waals surface area contributed by atoms with Gasteiger partial charge in [-0.3, -0.25) is 0 Å². The summed E-state index contributed by atoms with van der Waals surface area (Å²) in [4.78, 5) is 12.1. The quantitative estimate of drug-likeness (QED) is 0.843. The molecule has 0 unspecified atom stereocenters. The van der Waals surface area contributed by atoms with Gasteiger partial charge >= 0.3 is 6.09 Å². The van der Waals surface area contributed by atoms with Crippen molar-refractivity contribution in [3.05, 3.63) is 29.8 Å². The van der Waals surface area contributed by atoms with E-state index in [1.54, 1.807) is 45.0 Å². The first-order valence-corrected chi connectivity index (χ1v) is 9.84. The van der Waals surface area contributed by atoms with Crippen LogP contribution in [0.2, 0.25) is 0 Å². The predicted molar refractivity (Wildman–Crippen MR) is 95.5 cm³/mol. The van der Waals surface area contributed by atoms with E-state index in [4.69, 9.17) is 10.5 Å². The van der Waals surface area contributed by atoms with E-state index < -0.39 is 21.7 Å². The van der Waals surface area contributed by atoms with Crippen molar-refractivity contribution in [2.24, 2.45) is 5.73 Å². The van der Waals surface area contributed by atoms with Crippen molar-refractivity contribution in [1.82, 2.24) is 9.62 Å². The van der Waals surface area contributed by atoms with Gasteiger partial charge in [0.25, 0.3) is 0 Å². The maximum atomic E-state index is 12.7. The predicted octanol–water partition coefficient (Wildman–Crippen LogP) is 1.82. The lowest BCUT2D eigenvalue weighted by atomic mass is 10.1. The van der Waals surface area contributed by atoms with Crippen LogP contribution in [0.3, 0.4) is 0 Å². The second kappa shape index (κ2) is 7.72. The van der Waals surface area contributed by atoms with Gasteiger partial charge in [0.2, 0.25) is 10.0 Å². The molecule has 8 heteroatoms. The van der Waals surface area contributed by atoms with Gasteiger partial charge in [0, 0.05) is 25.7 Å². The smallest absolute Gasteiger partial charge is 0.407 e. The number of alkyl carbamates (subject to hydrolysis) is 1. The largest absolute Gasteiger partial charge is 0.444 e. The molecule has 1 fully saturated rings. The third-order valence-electron chi connectivity index (χ3n) is 3.97. The lowest BCUT2D eigenvalue weighted by Crippen LogP contribution is -2.47. The van der Waals surface area contributed by atoms with Crippen molar-refractivity contribution < 1.29 is 17.9 Å². The van der Waals surface area contributed by atoms with Gasteiger partial charge in [-0.1, -0.05) is 12.1 Å². The zero-order valence-electron chi connectivity index (χ0n) is 15.0. The number of piperidine rings is 1. The number of nitrogens with zero attached hydrogens (tertiary/aromatic N) is 1. The molecule has 3 N–H and O–H groups in total. The fourth-order valence-electron chi connectivity index (χ4n) is 2.66. The number of nitrogens with two attached hydrogens (primary N) is 1. The molecule has 0 spiro atoms. The highest BCUT2D eigenvalue weighted by molar-refractivity contribution is 7.89. The van der Waals surface area contributed by atoms with Crippen molar-refractivity contribution in [3.8, 4) is 0 Å². The van der Waals surface area contributed by atoms with E-state index >= 15 is 0 Å². The van der Waals surface area contributed by atoms with E-state index in [1.165, 1.54) is 4.31 Å². The lowest BCUT2D eigenvalue weighted by molar-refractivity contribution is 0.0489. The molecule has 0 radical (unpaired) electrons. The molecule has 1 heterocycles. The highest BCUT2D eigenvalue weighted by Crippen LogP contribution is 2.21. The highest BCUT2D eigenvalue weighted by atomic mass is 32.2. The normalized spacial score (nSPS) is 17.3. The lowest BCUT2D eigenvalue weighted by Gasteiger charge is -2.32. The number of carbonyl (C=O) groups excluding carboxylic acids is 1. The summed E-state index contributed by atoms with van der Waals surface area (Å²) in [6.45, 7) is 6.51. The number of hydrogen-bond acceptors (Lipinski definition) is 5. The fraction of sp³-hybridized carbons (Fsp3) is 0.588. The van der Waals surface area contributed by atoms with E-state index in [9.17, 15) is 13.2 Å². The van der Waals surface area contributed by atoms with Crippen LogP contribution < -0.4 is 11.1 Å². The Kier molecular flexibility index (Phi) is 6.08. The summed E-state index contributed by atoms with van der Waals surface area (Å²) in [5.74, 6) is 0. The average Bonchev–Trinajstić information content (AvgIpc) is 2.53. The van der Waals surface area contributed by atoms with Crippen LogP contribution in [0.1, 0.15) is 39.2 Å². The van der Waals surface area contributed by atoms with Crippen LogP contribution in [0.4, 0.5) is 4.79 Å². The fourth-order valence-corrected chi connectivity index (χ4v) is 4.13. The molecular weight excluding hydrogens is 342 g/mol. The average molecular weight is 369 g/mol. The molecule has 1 amide bonds. The molecule has 0 atom stereocenters. The number of rotatable bonds is 4. The Labute approximate surface area is 149 Å². The Morgan fingerprint density at radius 1 is 1.24 bits per heavy atom. The zero-order chi connectivity index (χ0) is 18.7. The highest BCUT2D eigenvalue weighted by Gasteiger charge is 2.30. The maximum Gasteiger partial charge on any atom is 0.407 e. The molecule has 25 heavy (non-hydrogen) atoms. The summed E-state index contributed by atoms with van der Waals surface area (Å²) >= 11 is 0. The third-order valence-corrected chi connectivity index (χ3v) is 5.88. The SMILES string of the molecule is CC(C)(C)OC(=O)NC1CCN(S(=O)(=O)c2ccc(CN)cc2)CC1. The van der Waals surface area contributed by atoms with Gasteiger partial charge in [0.05, 0.1) is 4.90 Å². The summed E-state index contributed by atoms with van der Waals surface area (Å²) in [6, 6.07) is 6.54. The van der Waals surface area contributed by atoms with Gasteiger partial charge in [-0.15, -0.1) is 0 Å². The summed E-state index contributed by atoms with van der Waals surface area (Å²) in [5.41, 5.74) is 5.88. The first-order chi connectivity index (χ1) is 11.6. The number of sulfonamides is 1. The van der Waals surface area contributed by atoms with Crippen LogP contribution in [0.5, 0.6) is 0 Å². The molecule has 1 saturated heterocycles. The molecule has 0 bridgehead atoms. The Balaban J connectivity index is 1.93. The van der Waals surface area contributed by atoms with Gasteiger partial charge in [-0.2, -0.15) is 4.31 Å². The molecule has 1 aliphatic rings. The molecule has 0 saturated carbocycles. The summed E-state index contributed by atoms with van der Waals surface area (Å²) in [5, 5.41) is 2.81. The number of hydrogen-bond donors (Lipinski definition) is 2. The standard InChI is InChI=1S/C17H27N3O4S/c1-17(2,3)24-16(21)19-14-8-10-20(11-9-14)25(22,23)15-6-4-13(12-18)5-7-15/h4-7,14H,8-12,18H2,1-3H3,(H,19,21). The first kappa shape index (κ1) is 19.7. The molecule has 1 aliphatic heterocycles. The molecule has 1 aromatic carbocycles. The summed E-state index contributed by atoms with van der Waals surface area (Å²) in [6.07, 6.45) is 0.643. The third kappa shape index (κ3) is 5.42. The number of benzene rings is 1. The maximum absolute atomic E-state index is 12.7. The summed E-state index contributed by atoms with van der Waals surface area (Å²) < 4.78 is 32.1. The van der Waals surface area contributed by atoms with Crippen molar-refractivity contribution in [3.63, 3.8) is 0 Å². The summed E-state index contributed by atoms with van der Waals surface area (Å²) in [7, 11) is -3.52. The second-order valence-electron chi connectivity index (χ2n) is 7.17. The van der Waals surface area contributed by atoms with Gasteiger partial charge < -0.3 is 15.8 Å². The van der Waals surface area contributed by atoms with Crippen LogP contribution in [-0.4, -0.2) is 43.5 Å². The van der Waals surface area contributed by atoms with Gasteiger partial charge in [-0.25, -0.2) is 13.2 Å². The van der Waals surface area contributed by atoms with E-state index in [2.05, 4.69) is 5.32 Å². The number of amides is 1. The van der Waals surface area contributed by atoms with Gasteiger partial charge in [-0.05, 0) is 51.3 Å². The van der Waals surface area contributed by atoms with Crippen molar-refractivity contribution in [2.45, 2.75) is 56.7 Å². The number of carbonyl (C=O) groups is 1. The van der Waals surface area contributed by atoms with Crippen LogP contribution in [0.15, 0.2) is 29.2 Å². The Bertz CT molecular complexity index is 688. The van der Waals surface area contributed by atoms with Gasteiger partial charge in [0.1, 0.15) is 5.60 Å². The van der Waals surface area contributed by atoms with Crippen molar-refractivity contribution in [1.29, 1.82) is 0 Å². The van der Waals surface area contributed by atoms with E-state index in [1.807, 2.05) is 0 Å². The van der Waals surface area contributed by atoms with Crippen LogP contribution in [-0.2, 0) is 21.3 Å². The van der Waals surface area contributed by atoms with E-state index in [0.29, 0.717) is 32.5 Å². The minimum absolute atomic E-state index is 0.0825. The van der Waals surface area contributed by atoms with Crippen molar-refractivity contribution in [2.75, 3.05) is 13.1 Å². The van der Waals surface area contributed by atoms with Crippen LogP contribution in [0.25, 0.3) is 0 Å². The van der Waals surface area contributed by atoms with Crippen molar-refractivity contribution >= 4 is 16.1 Å². The second-order valence-corrected chi connectivity index (χ2v) is 9.11. The molecule has 7 nitrogen and oxygen atoms in total. The molecule has 2 rings (SSSR count). The Hall–Kier alpha value is -1.64. The van der Waals surface area contributed by atoms with E-state index in [0.717, 1.165) is 5.56 Å². The zero-order valence-corrected chi connectivity index (χ0v) is 15.8. The molecule has 140 valence electrons. The monoisotopic (exact) mass is 369 g/mol. The molecular formula is C17H27N3O4S. The topological polar surface area (TPSA) is 102 Å². The number of ether oxygens (including phenoxy) is 1. The van der Waals surface area contributed by atoms with Crippen LogP contribution in [0, 0.1) is 0 Å². The Morgan fingerprint density at radius 3 is 2.28 bits per heavy atom. The molecule has 0 aliphatic carbocycles.